The van der Waals surface area contributed by atoms with Gasteiger partial charge in [0.15, 0.2) is 11.5 Å². The van der Waals surface area contributed by atoms with Crippen molar-refractivity contribution in [1.82, 2.24) is 4.31 Å². The zero-order valence-electron chi connectivity index (χ0n) is 13.6. The average molecular weight is 342 g/mol. The second-order valence-electron chi connectivity index (χ2n) is 5.42. The standard InChI is InChI=1S/C15H22N2O5S/c1-16(23(3,19)20)9-10-22-13-7-6-12(11-14(13)21-2)17-8-4-5-15(17)18/h6-7,11H,4-5,8-10H2,1-3H3. The maximum atomic E-state index is 11.8. The summed E-state index contributed by atoms with van der Waals surface area (Å²) in [6, 6.07) is 5.31. The molecule has 1 aliphatic heterocycles. The number of benzene rings is 1. The monoisotopic (exact) mass is 342 g/mol. The van der Waals surface area contributed by atoms with Gasteiger partial charge in [-0.1, -0.05) is 0 Å². The molecule has 0 bridgehead atoms. The zero-order valence-corrected chi connectivity index (χ0v) is 14.4. The van der Waals surface area contributed by atoms with Crippen LogP contribution in [0.5, 0.6) is 11.5 Å². The fraction of sp³-hybridized carbons (Fsp3) is 0.533. The van der Waals surface area contributed by atoms with Gasteiger partial charge in [-0.15, -0.1) is 0 Å². The van der Waals surface area contributed by atoms with Gasteiger partial charge in [-0.05, 0) is 18.6 Å². The molecule has 8 heteroatoms. The van der Waals surface area contributed by atoms with Crippen LogP contribution in [0.2, 0.25) is 0 Å². The van der Waals surface area contributed by atoms with Crippen LogP contribution in [-0.4, -0.2) is 58.7 Å². The number of anilines is 1. The Labute approximate surface area is 136 Å². The molecule has 0 aromatic heterocycles. The first-order valence-corrected chi connectivity index (χ1v) is 9.20. The SMILES string of the molecule is COc1cc(N2CCCC2=O)ccc1OCCN(C)S(C)(=O)=O. The Kier molecular flexibility index (Phi) is 5.48. The minimum Gasteiger partial charge on any atom is -0.493 e. The number of carbonyl (C=O) groups excluding carboxylic acids is 1. The van der Waals surface area contributed by atoms with Gasteiger partial charge in [-0.2, -0.15) is 0 Å². The summed E-state index contributed by atoms with van der Waals surface area (Å²) in [5, 5.41) is 0. The van der Waals surface area contributed by atoms with Crippen molar-refractivity contribution >= 4 is 21.6 Å². The minimum atomic E-state index is -3.22. The number of ether oxygens (including phenoxy) is 2. The van der Waals surface area contributed by atoms with Crippen LogP contribution in [-0.2, 0) is 14.8 Å². The first-order chi connectivity index (χ1) is 10.8. The van der Waals surface area contributed by atoms with Gasteiger partial charge in [-0.3, -0.25) is 4.79 Å². The van der Waals surface area contributed by atoms with E-state index >= 15 is 0 Å². The largest absolute Gasteiger partial charge is 0.493 e. The average Bonchev–Trinajstić information content (AvgIpc) is 2.92. The quantitative estimate of drug-likeness (QED) is 0.741. The van der Waals surface area contributed by atoms with Gasteiger partial charge < -0.3 is 14.4 Å². The molecule has 23 heavy (non-hydrogen) atoms. The molecule has 1 aliphatic rings. The molecule has 7 nitrogen and oxygen atoms in total. The number of carbonyl (C=O) groups is 1. The molecule has 1 heterocycles. The maximum Gasteiger partial charge on any atom is 0.227 e. The van der Waals surface area contributed by atoms with Crippen molar-refractivity contribution in [3.05, 3.63) is 18.2 Å². The third-order valence-corrected chi connectivity index (χ3v) is 5.08. The Balaban J connectivity index is 2.04. The van der Waals surface area contributed by atoms with E-state index in [1.165, 1.54) is 18.5 Å². The van der Waals surface area contributed by atoms with Gasteiger partial charge in [0, 0.05) is 38.3 Å². The lowest BCUT2D eigenvalue weighted by Gasteiger charge is -2.19. The van der Waals surface area contributed by atoms with E-state index in [9.17, 15) is 13.2 Å². The van der Waals surface area contributed by atoms with E-state index in [0.717, 1.165) is 18.4 Å². The number of amides is 1. The van der Waals surface area contributed by atoms with Crippen LogP contribution in [0.15, 0.2) is 18.2 Å². The number of methoxy groups -OCH3 is 1. The van der Waals surface area contributed by atoms with Crippen LogP contribution in [0.3, 0.4) is 0 Å². The highest BCUT2D eigenvalue weighted by Crippen LogP contribution is 2.33. The van der Waals surface area contributed by atoms with Crippen molar-refractivity contribution in [2.24, 2.45) is 0 Å². The van der Waals surface area contributed by atoms with Gasteiger partial charge in [0.1, 0.15) is 6.61 Å². The Morgan fingerprint density at radius 1 is 1.30 bits per heavy atom. The van der Waals surface area contributed by atoms with E-state index in [0.29, 0.717) is 24.5 Å². The molecule has 0 spiro atoms. The number of hydrogen-bond acceptors (Lipinski definition) is 5. The van der Waals surface area contributed by atoms with Crippen molar-refractivity contribution in [2.75, 3.05) is 45.0 Å². The fourth-order valence-electron chi connectivity index (χ4n) is 2.31. The van der Waals surface area contributed by atoms with Gasteiger partial charge in [0.05, 0.1) is 13.4 Å². The number of likely N-dealkylation sites (N-methyl/N-ethyl adjacent to an activating group) is 1. The predicted molar refractivity (Wildman–Crippen MR) is 87.5 cm³/mol. The number of hydrogen-bond donors (Lipinski definition) is 0. The summed E-state index contributed by atoms with van der Waals surface area (Å²) in [6.45, 7) is 1.16. The Morgan fingerprint density at radius 2 is 2.04 bits per heavy atom. The van der Waals surface area contributed by atoms with E-state index in [2.05, 4.69) is 0 Å². The van der Waals surface area contributed by atoms with E-state index in [1.54, 1.807) is 23.1 Å². The van der Waals surface area contributed by atoms with E-state index in [1.807, 2.05) is 0 Å². The molecule has 0 unspecified atom stereocenters. The summed E-state index contributed by atoms with van der Waals surface area (Å²) in [5.41, 5.74) is 0.782. The second-order valence-corrected chi connectivity index (χ2v) is 7.51. The molecule has 0 radical (unpaired) electrons. The predicted octanol–water partition coefficient (Wildman–Crippen LogP) is 1.09. The van der Waals surface area contributed by atoms with E-state index < -0.39 is 10.0 Å². The Bertz CT molecular complexity index is 674. The number of rotatable bonds is 7. The molecule has 0 aliphatic carbocycles. The highest BCUT2D eigenvalue weighted by atomic mass is 32.2. The lowest BCUT2D eigenvalue weighted by molar-refractivity contribution is -0.117. The number of nitrogens with zero attached hydrogens (tertiary/aromatic N) is 2. The third kappa shape index (κ3) is 4.35. The van der Waals surface area contributed by atoms with Crippen LogP contribution in [0.4, 0.5) is 5.69 Å². The van der Waals surface area contributed by atoms with Crippen LogP contribution < -0.4 is 14.4 Å². The van der Waals surface area contributed by atoms with Gasteiger partial charge in [0.2, 0.25) is 15.9 Å². The molecule has 1 aromatic rings. The summed E-state index contributed by atoms with van der Waals surface area (Å²) in [6.07, 6.45) is 2.57. The summed E-state index contributed by atoms with van der Waals surface area (Å²) in [5.74, 6) is 1.14. The van der Waals surface area contributed by atoms with Crippen LogP contribution in [0.25, 0.3) is 0 Å². The molecule has 128 valence electrons. The second kappa shape index (κ2) is 7.18. The van der Waals surface area contributed by atoms with Crippen LogP contribution in [0.1, 0.15) is 12.8 Å². The van der Waals surface area contributed by atoms with Crippen molar-refractivity contribution in [2.45, 2.75) is 12.8 Å². The van der Waals surface area contributed by atoms with Crippen LogP contribution >= 0.6 is 0 Å². The topological polar surface area (TPSA) is 76.2 Å². The normalized spacial score (nSPS) is 15.3. The molecular weight excluding hydrogens is 320 g/mol. The number of sulfonamides is 1. The zero-order chi connectivity index (χ0) is 17.0. The van der Waals surface area contributed by atoms with E-state index in [-0.39, 0.29) is 19.1 Å². The highest BCUT2D eigenvalue weighted by molar-refractivity contribution is 7.88. The molecule has 1 fully saturated rings. The lowest BCUT2D eigenvalue weighted by atomic mass is 10.2. The highest BCUT2D eigenvalue weighted by Gasteiger charge is 2.22. The van der Waals surface area contributed by atoms with Crippen molar-refractivity contribution < 1.29 is 22.7 Å². The molecule has 0 atom stereocenters. The molecule has 2 rings (SSSR count). The summed E-state index contributed by atoms with van der Waals surface area (Å²) in [7, 11) is -0.193. The minimum absolute atomic E-state index is 0.107. The molecule has 1 aromatic carbocycles. The summed E-state index contributed by atoms with van der Waals surface area (Å²) in [4.78, 5) is 13.5. The first kappa shape index (κ1) is 17.6. The maximum absolute atomic E-state index is 11.8. The molecule has 1 saturated heterocycles. The lowest BCUT2D eigenvalue weighted by Crippen LogP contribution is -2.29. The van der Waals surface area contributed by atoms with Crippen molar-refractivity contribution in [3.8, 4) is 11.5 Å². The first-order valence-electron chi connectivity index (χ1n) is 7.35. The van der Waals surface area contributed by atoms with E-state index in [4.69, 9.17) is 9.47 Å². The molecular formula is C15H22N2O5S. The Morgan fingerprint density at radius 3 is 2.61 bits per heavy atom. The molecule has 1 amide bonds. The Hall–Kier alpha value is -1.80. The van der Waals surface area contributed by atoms with Crippen molar-refractivity contribution in [3.63, 3.8) is 0 Å². The van der Waals surface area contributed by atoms with Gasteiger partial charge in [-0.25, -0.2) is 12.7 Å². The fourth-order valence-corrected chi connectivity index (χ4v) is 2.72. The summed E-state index contributed by atoms with van der Waals surface area (Å²) >= 11 is 0. The molecule has 0 saturated carbocycles. The smallest absolute Gasteiger partial charge is 0.227 e. The molecule has 0 N–H and O–H groups in total. The van der Waals surface area contributed by atoms with Crippen LogP contribution in [0, 0.1) is 0 Å². The van der Waals surface area contributed by atoms with Gasteiger partial charge >= 0.3 is 0 Å². The van der Waals surface area contributed by atoms with Gasteiger partial charge in [0.25, 0.3) is 0 Å². The third-order valence-electron chi connectivity index (χ3n) is 3.76. The van der Waals surface area contributed by atoms with Crippen molar-refractivity contribution in [1.29, 1.82) is 0 Å². The summed E-state index contributed by atoms with van der Waals surface area (Å²) < 4.78 is 34.8.